The first-order valence-corrected chi connectivity index (χ1v) is 8.37. The maximum atomic E-state index is 13.0. The highest BCUT2D eigenvalue weighted by atomic mass is 19.1. The number of nitrogens with zero attached hydrogens (tertiary/aromatic N) is 2. The lowest BCUT2D eigenvalue weighted by atomic mass is 10.0. The van der Waals surface area contributed by atoms with Crippen LogP contribution in [0.3, 0.4) is 0 Å². The molecule has 0 radical (unpaired) electrons. The summed E-state index contributed by atoms with van der Waals surface area (Å²) in [6.07, 6.45) is 0. The smallest absolute Gasteiger partial charge is 0.254 e. The van der Waals surface area contributed by atoms with Crippen LogP contribution in [0.5, 0.6) is 0 Å². The van der Waals surface area contributed by atoms with Crippen LogP contribution < -0.4 is 0 Å². The number of amides is 2. The molecule has 2 aromatic carbocycles. The summed E-state index contributed by atoms with van der Waals surface area (Å²) in [4.78, 5) is 28.6. The molecule has 0 spiro atoms. The molecule has 0 aromatic heterocycles. The summed E-state index contributed by atoms with van der Waals surface area (Å²) in [7, 11) is 0. The maximum absolute atomic E-state index is 13.0. The van der Waals surface area contributed by atoms with Crippen LogP contribution in [0.25, 0.3) is 0 Å². The fraction of sp³-hybridized carbons (Fsp3) is 0.300. The van der Waals surface area contributed by atoms with Crippen molar-refractivity contribution in [2.45, 2.75) is 13.8 Å². The first-order chi connectivity index (χ1) is 12.0. The standard InChI is InChI=1S/C20H21FN2O2/c1-14-3-8-18(15(2)13-14)20(25)23-11-9-22(10-12-23)19(24)16-4-6-17(21)7-5-16/h3-8,13H,9-12H2,1-2H3. The van der Waals surface area contributed by atoms with Gasteiger partial charge in [0.1, 0.15) is 5.82 Å². The fourth-order valence-electron chi connectivity index (χ4n) is 3.11. The van der Waals surface area contributed by atoms with Gasteiger partial charge in [-0.15, -0.1) is 0 Å². The van der Waals surface area contributed by atoms with Gasteiger partial charge in [0.05, 0.1) is 0 Å². The van der Waals surface area contributed by atoms with Gasteiger partial charge in [-0.3, -0.25) is 9.59 Å². The van der Waals surface area contributed by atoms with E-state index in [1.807, 2.05) is 32.0 Å². The first-order valence-electron chi connectivity index (χ1n) is 8.37. The van der Waals surface area contributed by atoms with Gasteiger partial charge in [-0.25, -0.2) is 4.39 Å². The molecule has 0 saturated carbocycles. The van der Waals surface area contributed by atoms with Gasteiger partial charge >= 0.3 is 0 Å². The molecule has 1 heterocycles. The molecule has 3 rings (SSSR count). The number of hydrogen-bond donors (Lipinski definition) is 0. The number of benzene rings is 2. The van der Waals surface area contributed by atoms with E-state index in [4.69, 9.17) is 0 Å². The van der Waals surface area contributed by atoms with E-state index in [1.54, 1.807) is 9.80 Å². The molecule has 1 saturated heterocycles. The Balaban J connectivity index is 1.64. The van der Waals surface area contributed by atoms with Crippen LogP contribution in [0.4, 0.5) is 4.39 Å². The third kappa shape index (κ3) is 3.71. The normalized spacial score (nSPS) is 14.5. The second-order valence-electron chi connectivity index (χ2n) is 6.41. The van der Waals surface area contributed by atoms with E-state index in [0.29, 0.717) is 37.3 Å². The Hall–Kier alpha value is -2.69. The molecule has 1 aliphatic rings. The zero-order valence-electron chi connectivity index (χ0n) is 14.5. The summed E-state index contributed by atoms with van der Waals surface area (Å²) in [6.45, 7) is 5.90. The highest BCUT2D eigenvalue weighted by Gasteiger charge is 2.26. The second-order valence-corrected chi connectivity index (χ2v) is 6.41. The predicted molar refractivity (Wildman–Crippen MR) is 94.1 cm³/mol. The summed E-state index contributed by atoms with van der Waals surface area (Å²) in [5.74, 6) is -0.481. The van der Waals surface area contributed by atoms with Crippen LogP contribution in [0, 0.1) is 19.7 Å². The minimum absolute atomic E-state index is 0.00591. The van der Waals surface area contributed by atoms with Crippen LogP contribution >= 0.6 is 0 Å². The molecular weight excluding hydrogens is 319 g/mol. The minimum Gasteiger partial charge on any atom is -0.335 e. The highest BCUT2D eigenvalue weighted by Crippen LogP contribution is 2.16. The molecule has 25 heavy (non-hydrogen) atoms. The Morgan fingerprint density at radius 3 is 1.96 bits per heavy atom. The van der Waals surface area contributed by atoms with Crippen molar-refractivity contribution in [1.82, 2.24) is 9.80 Å². The quantitative estimate of drug-likeness (QED) is 0.843. The largest absolute Gasteiger partial charge is 0.335 e. The van der Waals surface area contributed by atoms with E-state index in [2.05, 4.69) is 0 Å². The minimum atomic E-state index is -0.361. The number of carbonyl (C=O) groups is 2. The van der Waals surface area contributed by atoms with E-state index in [-0.39, 0.29) is 17.6 Å². The van der Waals surface area contributed by atoms with Crippen molar-refractivity contribution in [3.05, 3.63) is 70.5 Å². The number of piperazine rings is 1. The summed E-state index contributed by atoms with van der Waals surface area (Å²) >= 11 is 0. The zero-order chi connectivity index (χ0) is 18.0. The van der Waals surface area contributed by atoms with Crippen LogP contribution in [0.2, 0.25) is 0 Å². The van der Waals surface area contributed by atoms with Crippen molar-refractivity contribution >= 4 is 11.8 Å². The van der Waals surface area contributed by atoms with Gasteiger partial charge in [0.25, 0.3) is 11.8 Å². The number of rotatable bonds is 2. The molecule has 130 valence electrons. The maximum Gasteiger partial charge on any atom is 0.254 e. The van der Waals surface area contributed by atoms with Crippen molar-refractivity contribution in [2.75, 3.05) is 26.2 Å². The average molecular weight is 340 g/mol. The van der Waals surface area contributed by atoms with Crippen molar-refractivity contribution in [1.29, 1.82) is 0 Å². The summed E-state index contributed by atoms with van der Waals surface area (Å²) in [6, 6.07) is 11.4. The Kier molecular flexibility index (Phi) is 4.83. The molecular formula is C20H21FN2O2. The van der Waals surface area contributed by atoms with Crippen LogP contribution in [-0.2, 0) is 0 Å². The Bertz CT molecular complexity index is 794. The monoisotopic (exact) mass is 340 g/mol. The zero-order valence-corrected chi connectivity index (χ0v) is 14.5. The molecule has 1 aliphatic heterocycles. The Labute approximate surface area is 146 Å². The van der Waals surface area contributed by atoms with Crippen LogP contribution in [0.15, 0.2) is 42.5 Å². The molecule has 0 atom stereocenters. The summed E-state index contributed by atoms with van der Waals surface area (Å²) < 4.78 is 13.0. The van der Waals surface area contributed by atoms with Gasteiger partial charge in [-0.1, -0.05) is 17.7 Å². The Morgan fingerprint density at radius 2 is 1.40 bits per heavy atom. The topological polar surface area (TPSA) is 40.6 Å². The van der Waals surface area contributed by atoms with E-state index in [1.165, 1.54) is 24.3 Å². The molecule has 0 N–H and O–H groups in total. The molecule has 4 nitrogen and oxygen atoms in total. The van der Waals surface area contributed by atoms with E-state index >= 15 is 0 Å². The first kappa shape index (κ1) is 17.1. The molecule has 5 heteroatoms. The average Bonchev–Trinajstić information content (AvgIpc) is 2.61. The van der Waals surface area contributed by atoms with Crippen molar-refractivity contribution < 1.29 is 14.0 Å². The van der Waals surface area contributed by atoms with Crippen LogP contribution in [0.1, 0.15) is 31.8 Å². The highest BCUT2D eigenvalue weighted by molar-refractivity contribution is 5.96. The van der Waals surface area contributed by atoms with Gasteiger partial charge < -0.3 is 9.80 Å². The van der Waals surface area contributed by atoms with E-state index < -0.39 is 0 Å². The lowest BCUT2D eigenvalue weighted by Gasteiger charge is -2.35. The number of hydrogen-bond acceptors (Lipinski definition) is 2. The van der Waals surface area contributed by atoms with Crippen molar-refractivity contribution in [3.8, 4) is 0 Å². The number of carbonyl (C=O) groups excluding carboxylic acids is 2. The van der Waals surface area contributed by atoms with Gasteiger partial charge in [0.2, 0.25) is 0 Å². The lowest BCUT2D eigenvalue weighted by Crippen LogP contribution is -2.50. The third-order valence-electron chi connectivity index (χ3n) is 4.56. The second kappa shape index (κ2) is 7.05. The number of aryl methyl sites for hydroxylation is 2. The SMILES string of the molecule is Cc1ccc(C(=O)N2CCN(C(=O)c3ccc(F)cc3)CC2)c(C)c1. The molecule has 2 amide bonds. The Morgan fingerprint density at radius 1 is 0.840 bits per heavy atom. The van der Waals surface area contributed by atoms with Gasteiger partial charge in [-0.05, 0) is 49.7 Å². The lowest BCUT2D eigenvalue weighted by molar-refractivity contribution is 0.0535. The molecule has 0 aliphatic carbocycles. The van der Waals surface area contributed by atoms with Gasteiger partial charge in [0.15, 0.2) is 0 Å². The molecule has 0 unspecified atom stereocenters. The third-order valence-corrected chi connectivity index (χ3v) is 4.56. The van der Waals surface area contributed by atoms with E-state index in [9.17, 15) is 14.0 Å². The van der Waals surface area contributed by atoms with E-state index in [0.717, 1.165) is 11.1 Å². The van der Waals surface area contributed by atoms with Crippen molar-refractivity contribution in [3.63, 3.8) is 0 Å². The van der Waals surface area contributed by atoms with Gasteiger partial charge in [-0.2, -0.15) is 0 Å². The molecule has 1 fully saturated rings. The fourth-order valence-corrected chi connectivity index (χ4v) is 3.11. The van der Waals surface area contributed by atoms with Gasteiger partial charge in [0, 0.05) is 37.3 Å². The summed E-state index contributed by atoms with van der Waals surface area (Å²) in [5.41, 5.74) is 3.28. The number of halogens is 1. The predicted octanol–water partition coefficient (Wildman–Crippen LogP) is 3.04. The molecule has 2 aromatic rings. The van der Waals surface area contributed by atoms with Crippen LogP contribution in [-0.4, -0.2) is 47.8 Å². The molecule has 0 bridgehead atoms. The van der Waals surface area contributed by atoms with Crippen molar-refractivity contribution in [2.24, 2.45) is 0 Å². The summed E-state index contributed by atoms with van der Waals surface area (Å²) in [5, 5.41) is 0.